The van der Waals surface area contributed by atoms with E-state index in [-0.39, 0.29) is 16.1 Å². The van der Waals surface area contributed by atoms with Crippen molar-refractivity contribution in [3.8, 4) is 0 Å². The minimum Gasteiger partial charge on any atom is -0.467 e. The van der Waals surface area contributed by atoms with Crippen molar-refractivity contribution >= 4 is 34.0 Å². The first-order valence-electron chi connectivity index (χ1n) is 7.05. The standard InChI is InChI=1S/C16H11F3N2O3S/c17-16(18,19)12-7-14(22)24-13-4-3-9(6-11(12)13)21-15(25)20-8-10-2-1-5-23-10/h1-7H,8H2,(H2,20,21,25). The van der Waals surface area contributed by atoms with Gasteiger partial charge in [0.25, 0.3) is 0 Å². The van der Waals surface area contributed by atoms with E-state index < -0.39 is 17.4 Å². The van der Waals surface area contributed by atoms with Gasteiger partial charge in [-0.05, 0) is 42.5 Å². The van der Waals surface area contributed by atoms with Crippen LogP contribution in [0.1, 0.15) is 11.3 Å². The van der Waals surface area contributed by atoms with Crippen molar-refractivity contribution in [2.45, 2.75) is 12.7 Å². The number of nitrogens with one attached hydrogen (secondary N) is 2. The van der Waals surface area contributed by atoms with Crippen molar-refractivity contribution in [1.29, 1.82) is 0 Å². The molecule has 25 heavy (non-hydrogen) atoms. The van der Waals surface area contributed by atoms with Crippen molar-refractivity contribution in [1.82, 2.24) is 5.32 Å². The number of anilines is 1. The number of fused-ring (bicyclic) bond motifs is 1. The fraction of sp³-hybridized carbons (Fsp3) is 0.125. The summed E-state index contributed by atoms with van der Waals surface area (Å²) in [6.07, 6.45) is -3.16. The summed E-state index contributed by atoms with van der Waals surface area (Å²) in [6.45, 7) is 0.328. The molecule has 0 unspecified atom stereocenters. The number of rotatable bonds is 3. The second kappa shape index (κ2) is 6.60. The average molecular weight is 368 g/mol. The molecule has 3 rings (SSSR count). The summed E-state index contributed by atoms with van der Waals surface area (Å²) >= 11 is 5.10. The van der Waals surface area contributed by atoms with E-state index in [1.807, 2.05) is 0 Å². The predicted octanol–water partition coefficient (Wildman–Crippen LogP) is 3.89. The lowest BCUT2D eigenvalue weighted by Gasteiger charge is -2.12. The van der Waals surface area contributed by atoms with Crippen LogP contribution < -0.4 is 16.3 Å². The van der Waals surface area contributed by atoms with Gasteiger partial charge in [0.15, 0.2) is 5.11 Å². The molecular formula is C16H11F3N2O3S. The zero-order valence-corrected chi connectivity index (χ0v) is 13.3. The molecule has 0 aliphatic carbocycles. The quantitative estimate of drug-likeness (QED) is 0.540. The van der Waals surface area contributed by atoms with Gasteiger partial charge < -0.3 is 19.5 Å². The molecule has 2 aromatic heterocycles. The molecule has 1 aromatic carbocycles. The van der Waals surface area contributed by atoms with E-state index in [9.17, 15) is 18.0 Å². The highest BCUT2D eigenvalue weighted by Gasteiger charge is 2.33. The predicted molar refractivity (Wildman–Crippen MR) is 89.3 cm³/mol. The highest BCUT2D eigenvalue weighted by atomic mass is 32.1. The molecule has 2 N–H and O–H groups in total. The van der Waals surface area contributed by atoms with Crippen LogP contribution in [0.2, 0.25) is 0 Å². The number of halogens is 3. The van der Waals surface area contributed by atoms with Crippen molar-refractivity contribution in [3.63, 3.8) is 0 Å². The molecule has 2 heterocycles. The molecule has 5 nitrogen and oxygen atoms in total. The van der Waals surface area contributed by atoms with Crippen LogP contribution in [0.3, 0.4) is 0 Å². The maximum Gasteiger partial charge on any atom is 0.417 e. The van der Waals surface area contributed by atoms with Crippen LogP contribution in [0, 0.1) is 0 Å². The molecule has 3 aromatic rings. The van der Waals surface area contributed by atoms with Gasteiger partial charge in [-0.25, -0.2) is 4.79 Å². The molecule has 0 atom stereocenters. The van der Waals surface area contributed by atoms with E-state index in [1.54, 1.807) is 12.1 Å². The van der Waals surface area contributed by atoms with Gasteiger partial charge in [-0.2, -0.15) is 13.2 Å². The topological polar surface area (TPSA) is 67.4 Å². The Morgan fingerprint density at radius 1 is 1.20 bits per heavy atom. The second-order valence-corrected chi connectivity index (χ2v) is 5.48. The molecule has 0 amide bonds. The van der Waals surface area contributed by atoms with Crippen LogP contribution in [0.5, 0.6) is 0 Å². The van der Waals surface area contributed by atoms with Crippen molar-refractivity contribution in [2.75, 3.05) is 5.32 Å². The molecule has 0 bridgehead atoms. The van der Waals surface area contributed by atoms with Crippen LogP contribution in [0.25, 0.3) is 11.0 Å². The fourth-order valence-corrected chi connectivity index (χ4v) is 2.42. The summed E-state index contributed by atoms with van der Waals surface area (Å²) < 4.78 is 49.3. The molecule has 0 aliphatic heterocycles. The zero-order valence-electron chi connectivity index (χ0n) is 12.5. The summed E-state index contributed by atoms with van der Waals surface area (Å²) in [4.78, 5) is 11.3. The number of hydrogen-bond donors (Lipinski definition) is 2. The van der Waals surface area contributed by atoms with Gasteiger partial charge in [-0.15, -0.1) is 0 Å². The van der Waals surface area contributed by atoms with E-state index in [4.69, 9.17) is 21.1 Å². The molecule has 9 heteroatoms. The summed E-state index contributed by atoms with van der Waals surface area (Å²) in [5.74, 6) is 0.656. The van der Waals surface area contributed by atoms with Gasteiger partial charge in [-0.1, -0.05) is 0 Å². The molecule has 0 radical (unpaired) electrons. The Balaban J connectivity index is 1.84. The fourth-order valence-electron chi connectivity index (χ4n) is 2.23. The molecule has 0 spiro atoms. The third-order valence-electron chi connectivity index (χ3n) is 3.31. The number of benzene rings is 1. The summed E-state index contributed by atoms with van der Waals surface area (Å²) in [6, 6.07) is 7.88. The third-order valence-corrected chi connectivity index (χ3v) is 3.56. The average Bonchev–Trinajstić information content (AvgIpc) is 3.05. The molecule has 130 valence electrons. The summed E-state index contributed by atoms with van der Waals surface area (Å²) in [5, 5.41) is 5.63. The van der Waals surface area contributed by atoms with Crippen LogP contribution in [0.4, 0.5) is 18.9 Å². The number of hydrogen-bond acceptors (Lipinski definition) is 4. The summed E-state index contributed by atoms with van der Waals surface area (Å²) in [7, 11) is 0. The Morgan fingerprint density at radius 3 is 2.68 bits per heavy atom. The van der Waals surface area contributed by atoms with Crippen LogP contribution in [-0.4, -0.2) is 5.11 Å². The molecule has 0 aliphatic rings. The van der Waals surface area contributed by atoms with Gasteiger partial charge in [0.05, 0.1) is 18.4 Å². The Bertz CT molecular complexity index is 965. The Labute approximate surface area is 144 Å². The van der Waals surface area contributed by atoms with Crippen LogP contribution >= 0.6 is 12.2 Å². The smallest absolute Gasteiger partial charge is 0.417 e. The van der Waals surface area contributed by atoms with Gasteiger partial charge in [0.1, 0.15) is 11.3 Å². The van der Waals surface area contributed by atoms with Crippen molar-refractivity contribution in [2.24, 2.45) is 0 Å². The lowest BCUT2D eigenvalue weighted by molar-refractivity contribution is -0.136. The second-order valence-electron chi connectivity index (χ2n) is 5.07. The monoisotopic (exact) mass is 368 g/mol. The maximum atomic E-state index is 13.1. The minimum atomic E-state index is -4.68. The van der Waals surface area contributed by atoms with E-state index in [0.29, 0.717) is 24.1 Å². The van der Waals surface area contributed by atoms with Crippen molar-refractivity contribution < 1.29 is 22.0 Å². The Kier molecular flexibility index (Phi) is 4.49. The molecular weight excluding hydrogens is 357 g/mol. The van der Waals surface area contributed by atoms with Gasteiger partial charge in [-0.3, -0.25) is 0 Å². The lowest BCUT2D eigenvalue weighted by atomic mass is 10.1. The van der Waals surface area contributed by atoms with E-state index in [2.05, 4.69) is 10.6 Å². The zero-order chi connectivity index (χ0) is 18.0. The first kappa shape index (κ1) is 17.0. The largest absolute Gasteiger partial charge is 0.467 e. The van der Waals surface area contributed by atoms with Gasteiger partial charge >= 0.3 is 11.8 Å². The number of thiocarbonyl (C=S) groups is 1. The highest BCUT2D eigenvalue weighted by Crippen LogP contribution is 2.34. The van der Waals surface area contributed by atoms with Crippen LogP contribution in [0.15, 0.2) is 56.3 Å². The van der Waals surface area contributed by atoms with Gasteiger partial charge in [0, 0.05) is 17.1 Å². The van der Waals surface area contributed by atoms with Crippen LogP contribution in [-0.2, 0) is 12.7 Å². The molecule has 0 saturated heterocycles. The van der Waals surface area contributed by atoms with E-state index in [1.165, 1.54) is 24.5 Å². The van der Waals surface area contributed by atoms with Crippen molar-refractivity contribution in [3.05, 3.63) is 64.4 Å². The van der Waals surface area contributed by atoms with E-state index in [0.717, 1.165) is 0 Å². The van der Waals surface area contributed by atoms with E-state index >= 15 is 0 Å². The first-order chi connectivity index (χ1) is 11.8. The number of alkyl halides is 3. The minimum absolute atomic E-state index is 0.153. The maximum absolute atomic E-state index is 13.1. The molecule has 0 saturated carbocycles. The third kappa shape index (κ3) is 4.00. The Hall–Kier alpha value is -2.81. The normalized spacial score (nSPS) is 11.5. The highest BCUT2D eigenvalue weighted by molar-refractivity contribution is 7.80. The van der Waals surface area contributed by atoms with Gasteiger partial charge in [0.2, 0.25) is 0 Å². The molecule has 0 fully saturated rings. The number of furan rings is 1. The lowest BCUT2D eigenvalue weighted by Crippen LogP contribution is -2.27. The first-order valence-corrected chi connectivity index (χ1v) is 7.46. The summed E-state index contributed by atoms with van der Waals surface area (Å²) in [5.41, 5.74) is -1.95. The SMILES string of the molecule is O=c1cc(C(F)(F)F)c2cc(NC(=S)NCc3ccco3)ccc2o1. The Morgan fingerprint density at radius 2 is 2.00 bits per heavy atom.